The molecule has 0 atom stereocenters. The number of benzene rings is 1. The summed E-state index contributed by atoms with van der Waals surface area (Å²) in [5, 5.41) is 15.5. The van der Waals surface area contributed by atoms with Crippen molar-refractivity contribution < 1.29 is 4.92 Å². The Labute approximate surface area is 125 Å². The van der Waals surface area contributed by atoms with Crippen molar-refractivity contribution >= 4 is 34.7 Å². The quantitative estimate of drug-likeness (QED) is 0.661. The maximum atomic E-state index is 11.3. The number of nitro benzene ring substituents is 1. The Morgan fingerprint density at radius 3 is 2.80 bits per heavy atom. The number of nitrogens with one attached hydrogen (secondary N) is 1. The van der Waals surface area contributed by atoms with Gasteiger partial charge in [-0.1, -0.05) is 29.4 Å². The molecule has 0 aliphatic carbocycles. The zero-order chi connectivity index (χ0) is 14.5. The van der Waals surface area contributed by atoms with Gasteiger partial charge in [0.05, 0.1) is 14.8 Å². The summed E-state index contributed by atoms with van der Waals surface area (Å²) in [6.45, 7) is 2.51. The highest BCUT2D eigenvalue weighted by atomic mass is 35.5. The average Bonchev–Trinajstić information content (AvgIpc) is 2.41. The number of hydrogen-bond donors (Lipinski definition) is 1. The Morgan fingerprint density at radius 1 is 1.40 bits per heavy atom. The van der Waals surface area contributed by atoms with E-state index in [-0.39, 0.29) is 10.6 Å². The summed E-state index contributed by atoms with van der Waals surface area (Å²) < 4.78 is 0. The van der Waals surface area contributed by atoms with E-state index in [4.69, 9.17) is 11.6 Å². The molecule has 0 bridgehead atoms. The van der Waals surface area contributed by atoms with E-state index in [9.17, 15) is 10.1 Å². The van der Waals surface area contributed by atoms with E-state index >= 15 is 0 Å². The Bertz CT molecular complexity index is 620. The number of aromatic nitrogens is 1. The number of para-hydroxylation sites is 1. The SMILES string of the molecule is CCNc1cccc(Sc2ccc(Cl)cn2)c1[N+](=O)[O-]. The van der Waals surface area contributed by atoms with Gasteiger partial charge >= 0.3 is 5.69 Å². The fourth-order valence-corrected chi connectivity index (χ4v) is 2.67. The number of rotatable bonds is 5. The van der Waals surface area contributed by atoms with E-state index in [1.54, 1.807) is 30.3 Å². The molecule has 0 fully saturated rings. The van der Waals surface area contributed by atoms with Crippen LogP contribution in [0.2, 0.25) is 5.02 Å². The highest BCUT2D eigenvalue weighted by Crippen LogP contribution is 2.38. The molecule has 0 saturated heterocycles. The molecule has 0 amide bonds. The molecule has 0 spiro atoms. The van der Waals surface area contributed by atoms with Crippen molar-refractivity contribution in [1.29, 1.82) is 0 Å². The summed E-state index contributed by atoms with van der Waals surface area (Å²) in [5.74, 6) is 0. The predicted octanol–water partition coefficient (Wildman–Crippen LogP) is 4.23. The smallest absolute Gasteiger partial charge is 0.306 e. The monoisotopic (exact) mass is 309 g/mol. The van der Waals surface area contributed by atoms with Crippen LogP contribution in [-0.4, -0.2) is 16.5 Å². The van der Waals surface area contributed by atoms with Gasteiger partial charge in [0.1, 0.15) is 10.7 Å². The zero-order valence-corrected chi connectivity index (χ0v) is 12.2. The largest absolute Gasteiger partial charge is 0.380 e. The fraction of sp³-hybridized carbons (Fsp3) is 0.154. The first-order chi connectivity index (χ1) is 9.61. The highest BCUT2D eigenvalue weighted by Gasteiger charge is 2.20. The minimum atomic E-state index is -0.379. The number of anilines is 1. The highest BCUT2D eigenvalue weighted by molar-refractivity contribution is 7.99. The Kier molecular flexibility index (Phi) is 4.81. The normalized spacial score (nSPS) is 10.3. The van der Waals surface area contributed by atoms with Crippen LogP contribution in [0.1, 0.15) is 6.92 Å². The average molecular weight is 310 g/mol. The lowest BCUT2D eigenvalue weighted by Crippen LogP contribution is -2.02. The molecule has 0 aliphatic heterocycles. The molecule has 0 aliphatic rings. The Balaban J connectivity index is 2.37. The molecular formula is C13H12ClN3O2S. The number of halogens is 1. The van der Waals surface area contributed by atoms with E-state index < -0.39 is 0 Å². The lowest BCUT2D eigenvalue weighted by atomic mass is 10.2. The summed E-state index contributed by atoms with van der Waals surface area (Å²) >= 11 is 7.01. The lowest BCUT2D eigenvalue weighted by molar-refractivity contribution is -0.386. The van der Waals surface area contributed by atoms with Gasteiger partial charge in [0.25, 0.3) is 0 Å². The van der Waals surface area contributed by atoms with Crippen LogP contribution in [0, 0.1) is 10.1 Å². The zero-order valence-electron chi connectivity index (χ0n) is 10.7. The molecule has 1 heterocycles. The van der Waals surface area contributed by atoms with Crippen LogP contribution in [0.5, 0.6) is 0 Å². The summed E-state index contributed by atoms with van der Waals surface area (Å²) in [5.41, 5.74) is 0.576. The van der Waals surface area contributed by atoms with Crippen molar-refractivity contribution in [2.24, 2.45) is 0 Å². The fourth-order valence-electron chi connectivity index (χ4n) is 1.66. The van der Waals surface area contributed by atoms with Gasteiger partial charge < -0.3 is 5.32 Å². The molecule has 0 radical (unpaired) electrons. The van der Waals surface area contributed by atoms with Crippen molar-refractivity contribution in [2.45, 2.75) is 16.8 Å². The van der Waals surface area contributed by atoms with Crippen molar-refractivity contribution in [2.75, 3.05) is 11.9 Å². The molecule has 2 rings (SSSR count). The van der Waals surface area contributed by atoms with Crippen LogP contribution in [0.4, 0.5) is 11.4 Å². The van der Waals surface area contributed by atoms with Gasteiger partial charge in [-0.25, -0.2) is 4.98 Å². The first-order valence-corrected chi connectivity index (χ1v) is 7.12. The second-order valence-corrected chi connectivity index (χ2v) is 5.36. The minimum Gasteiger partial charge on any atom is -0.380 e. The maximum Gasteiger partial charge on any atom is 0.306 e. The number of nitro groups is 1. The molecule has 2 aromatic rings. The van der Waals surface area contributed by atoms with Gasteiger partial charge in [0.2, 0.25) is 0 Å². The molecule has 1 aromatic carbocycles. The van der Waals surface area contributed by atoms with E-state index in [1.807, 2.05) is 6.92 Å². The van der Waals surface area contributed by atoms with E-state index in [0.29, 0.717) is 27.2 Å². The van der Waals surface area contributed by atoms with Crippen LogP contribution in [-0.2, 0) is 0 Å². The predicted molar refractivity (Wildman–Crippen MR) is 80.6 cm³/mol. The Morgan fingerprint density at radius 2 is 2.20 bits per heavy atom. The first kappa shape index (κ1) is 14.6. The van der Waals surface area contributed by atoms with Gasteiger partial charge in [0, 0.05) is 12.7 Å². The first-order valence-electron chi connectivity index (χ1n) is 5.92. The summed E-state index contributed by atoms with van der Waals surface area (Å²) in [6, 6.07) is 8.62. The molecule has 0 saturated carbocycles. The molecule has 0 unspecified atom stereocenters. The summed E-state index contributed by atoms with van der Waals surface area (Å²) in [7, 11) is 0. The molecule has 20 heavy (non-hydrogen) atoms. The number of pyridine rings is 1. The molecule has 7 heteroatoms. The topological polar surface area (TPSA) is 68.1 Å². The van der Waals surface area contributed by atoms with Gasteiger partial charge in [-0.3, -0.25) is 10.1 Å². The summed E-state index contributed by atoms with van der Waals surface area (Å²) in [4.78, 5) is 15.6. The third-order valence-corrected chi connectivity index (χ3v) is 3.69. The van der Waals surface area contributed by atoms with Gasteiger partial charge in [0.15, 0.2) is 0 Å². The van der Waals surface area contributed by atoms with E-state index in [2.05, 4.69) is 10.3 Å². The second-order valence-electron chi connectivity index (χ2n) is 3.86. The van der Waals surface area contributed by atoms with Crippen molar-refractivity contribution in [3.63, 3.8) is 0 Å². The number of hydrogen-bond acceptors (Lipinski definition) is 5. The molecule has 5 nitrogen and oxygen atoms in total. The van der Waals surface area contributed by atoms with Crippen LogP contribution < -0.4 is 5.32 Å². The van der Waals surface area contributed by atoms with Crippen LogP contribution in [0.3, 0.4) is 0 Å². The van der Waals surface area contributed by atoms with Crippen LogP contribution in [0.15, 0.2) is 46.5 Å². The van der Waals surface area contributed by atoms with Crippen LogP contribution >= 0.6 is 23.4 Å². The van der Waals surface area contributed by atoms with E-state index in [0.717, 1.165) is 0 Å². The molecular weight excluding hydrogens is 298 g/mol. The van der Waals surface area contributed by atoms with Crippen LogP contribution in [0.25, 0.3) is 0 Å². The molecule has 1 N–H and O–H groups in total. The van der Waals surface area contributed by atoms with Gasteiger partial charge in [-0.15, -0.1) is 0 Å². The Hall–Kier alpha value is -1.79. The van der Waals surface area contributed by atoms with Crippen molar-refractivity contribution in [3.8, 4) is 0 Å². The van der Waals surface area contributed by atoms with Crippen molar-refractivity contribution in [1.82, 2.24) is 4.98 Å². The summed E-state index contributed by atoms with van der Waals surface area (Å²) in [6.07, 6.45) is 1.52. The molecule has 104 valence electrons. The number of nitrogens with zero attached hydrogens (tertiary/aromatic N) is 2. The van der Waals surface area contributed by atoms with E-state index in [1.165, 1.54) is 18.0 Å². The molecule has 1 aromatic heterocycles. The third-order valence-electron chi connectivity index (χ3n) is 2.46. The van der Waals surface area contributed by atoms with Gasteiger partial charge in [-0.2, -0.15) is 0 Å². The third kappa shape index (κ3) is 3.40. The minimum absolute atomic E-state index is 0.0658. The standard InChI is InChI=1S/C13H12ClN3O2S/c1-2-15-10-4-3-5-11(13(10)17(18)19)20-12-7-6-9(14)8-16-12/h3-8,15H,2H2,1H3. The lowest BCUT2D eigenvalue weighted by Gasteiger charge is -2.08. The van der Waals surface area contributed by atoms with Crippen molar-refractivity contribution in [3.05, 3.63) is 51.7 Å². The maximum absolute atomic E-state index is 11.3. The second kappa shape index (κ2) is 6.58. The van der Waals surface area contributed by atoms with Gasteiger partial charge in [-0.05, 0) is 31.2 Å².